The molecule has 0 aliphatic heterocycles. The van der Waals surface area contributed by atoms with Crippen LogP contribution in [0.25, 0.3) is 11.2 Å². The second-order valence-electron chi connectivity index (χ2n) is 8.65. The zero-order valence-electron chi connectivity index (χ0n) is 20.7. The third kappa shape index (κ3) is 6.80. The first-order valence-corrected chi connectivity index (χ1v) is 12.1. The number of carbonyl (C=O) groups is 2. The van der Waals surface area contributed by atoms with Crippen LogP contribution in [0, 0.1) is 5.92 Å². The zero-order valence-corrected chi connectivity index (χ0v) is 20.7. The normalized spacial score (nSPS) is 18.9. The highest BCUT2D eigenvalue weighted by atomic mass is 16.6. The summed E-state index contributed by atoms with van der Waals surface area (Å²) in [5.74, 6) is -1.10. The Morgan fingerprint density at radius 2 is 1.86 bits per heavy atom. The van der Waals surface area contributed by atoms with Gasteiger partial charge >= 0.3 is 11.9 Å². The number of nitrogens with two attached hydrogens (primary N) is 1. The molecule has 2 aromatic heterocycles. The number of H-pyrrole nitrogens is 1. The molecule has 1 saturated carbocycles. The summed E-state index contributed by atoms with van der Waals surface area (Å²) in [7, 11) is 0. The van der Waals surface area contributed by atoms with Crippen LogP contribution in [0.2, 0.25) is 0 Å². The Hall–Kier alpha value is -3.95. The smallest absolute Gasteiger partial charge is 0.306 e. The fourth-order valence-corrected chi connectivity index (χ4v) is 4.17. The molecule has 0 bridgehead atoms. The first-order chi connectivity index (χ1) is 17.3. The van der Waals surface area contributed by atoms with Crippen molar-refractivity contribution in [3.63, 3.8) is 0 Å². The van der Waals surface area contributed by atoms with Crippen molar-refractivity contribution in [3.05, 3.63) is 65.2 Å². The lowest BCUT2D eigenvalue weighted by Gasteiger charge is -2.20. The Kier molecular flexibility index (Phi) is 9.38. The van der Waals surface area contributed by atoms with E-state index in [9.17, 15) is 14.4 Å². The zero-order chi connectivity index (χ0) is 26.1. The van der Waals surface area contributed by atoms with E-state index in [1.807, 2.05) is 36.4 Å². The number of hydrogen-bond acceptors (Lipinski definition) is 8. The molecular weight excluding hydrogens is 462 g/mol. The van der Waals surface area contributed by atoms with Gasteiger partial charge in [-0.2, -0.15) is 4.98 Å². The lowest BCUT2D eigenvalue weighted by molar-refractivity contribution is -0.152. The van der Waals surface area contributed by atoms with Gasteiger partial charge in [-0.05, 0) is 12.0 Å². The molecule has 0 saturated heterocycles. The maximum Gasteiger partial charge on any atom is 0.306 e. The Labute approximate surface area is 209 Å². The van der Waals surface area contributed by atoms with E-state index in [0.717, 1.165) is 19.3 Å². The molecule has 10 nitrogen and oxygen atoms in total. The number of imidazole rings is 1. The van der Waals surface area contributed by atoms with Crippen LogP contribution < -0.4 is 11.3 Å². The van der Waals surface area contributed by atoms with Crippen LogP contribution >= 0.6 is 0 Å². The third-order valence-corrected chi connectivity index (χ3v) is 6.00. The van der Waals surface area contributed by atoms with Gasteiger partial charge in [0.2, 0.25) is 5.95 Å². The van der Waals surface area contributed by atoms with Gasteiger partial charge in [0, 0.05) is 19.8 Å². The molecule has 4 rings (SSSR count). The summed E-state index contributed by atoms with van der Waals surface area (Å²) in [5, 5.41) is 0. The molecule has 1 fully saturated rings. The quantitative estimate of drug-likeness (QED) is 0.274. The van der Waals surface area contributed by atoms with Crippen molar-refractivity contribution < 1.29 is 19.1 Å². The first-order valence-electron chi connectivity index (χ1n) is 12.1. The predicted molar refractivity (Wildman–Crippen MR) is 136 cm³/mol. The largest absolute Gasteiger partial charge is 0.465 e. The molecule has 3 N–H and O–H groups in total. The van der Waals surface area contributed by atoms with Gasteiger partial charge in [0.1, 0.15) is 12.7 Å². The number of ether oxygens (including phenoxy) is 2. The molecule has 1 aromatic carbocycles. The SMILES string of the molecule is C=C1C(COC(C)=O)C(OC(=O)CCCCC)CC1n1cnc2c(=O)[nH]c(N)nc21.c1ccccc1. The van der Waals surface area contributed by atoms with E-state index in [4.69, 9.17) is 15.2 Å². The third-order valence-electron chi connectivity index (χ3n) is 6.00. The lowest BCUT2D eigenvalue weighted by atomic mass is 10.0. The van der Waals surface area contributed by atoms with Crippen LogP contribution in [0.1, 0.15) is 52.0 Å². The number of aromatic nitrogens is 4. The van der Waals surface area contributed by atoms with E-state index in [2.05, 4.69) is 28.5 Å². The number of anilines is 1. The van der Waals surface area contributed by atoms with Gasteiger partial charge in [0.15, 0.2) is 11.2 Å². The molecule has 3 unspecified atom stereocenters. The Balaban J connectivity index is 0.000000526. The van der Waals surface area contributed by atoms with E-state index >= 15 is 0 Å². The van der Waals surface area contributed by atoms with E-state index in [-0.39, 0.29) is 36.0 Å². The maximum absolute atomic E-state index is 12.3. The fourth-order valence-electron chi connectivity index (χ4n) is 4.17. The number of rotatable bonds is 8. The van der Waals surface area contributed by atoms with Crippen molar-refractivity contribution in [2.45, 2.75) is 58.1 Å². The number of hydrogen-bond donors (Lipinski definition) is 2. The molecule has 3 aromatic rings. The molecule has 0 radical (unpaired) electrons. The molecule has 3 atom stereocenters. The predicted octanol–water partition coefficient (Wildman–Crippen LogP) is 3.56. The number of fused-ring (bicyclic) bond motifs is 1. The van der Waals surface area contributed by atoms with E-state index in [1.54, 1.807) is 4.57 Å². The van der Waals surface area contributed by atoms with Crippen LogP contribution in [0.5, 0.6) is 0 Å². The average molecular weight is 496 g/mol. The van der Waals surface area contributed by atoms with Crippen LogP contribution in [0.15, 0.2) is 59.7 Å². The van der Waals surface area contributed by atoms with Gasteiger partial charge in [-0.15, -0.1) is 0 Å². The summed E-state index contributed by atoms with van der Waals surface area (Å²) in [6.45, 7) is 7.60. The molecule has 0 amide bonds. The van der Waals surface area contributed by atoms with Crippen molar-refractivity contribution in [3.8, 4) is 0 Å². The lowest BCUT2D eigenvalue weighted by Crippen LogP contribution is -2.27. The molecule has 2 heterocycles. The fraction of sp³-hybridized carbons (Fsp3) is 0.423. The Bertz CT molecular complexity index is 1210. The number of nitrogen functional groups attached to an aromatic ring is 1. The molecular formula is C26H33N5O5. The average Bonchev–Trinajstić information content (AvgIpc) is 3.40. The molecule has 1 aliphatic rings. The standard InChI is InChI=1S/C20H27N5O5.C6H6/c1-4-5-6-7-16(27)30-15-8-14(11(2)13(15)9-29-12(3)26)25-10-22-17-18(25)23-20(21)24-19(17)28;1-2-4-6-5-3-1/h10,13-15H,2,4-9H2,1,3H3,(H3,21,23,24,28);1-6H. The van der Waals surface area contributed by atoms with Crippen molar-refractivity contribution in [1.29, 1.82) is 0 Å². The number of aromatic amines is 1. The van der Waals surface area contributed by atoms with Crippen molar-refractivity contribution in [1.82, 2.24) is 19.5 Å². The van der Waals surface area contributed by atoms with Gasteiger partial charge in [0.25, 0.3) is 5.56 Å². The minimum atomic E-state index is -0.507. The summed E-state index contributed by atoms with van der Waals surface area (Å²) in [4.78, 5) is 46.5. The van der Waals surface area contributed by atoms with E-state index in [1.165, 1.54) is 13.3 Å². The summed E-state index contributed by atoms with van der Waals surface area (Å²) >= 11 is 0. The molecule has 36 heavy (non-hydrogen) atoms. The van der Waals surface area contributed by atoms with E-state index in [0.29, 0.717) is 24.1 Å². The second-order valence-corrected chi connectivity index (χ2v) is 8.65. The highest BCUT2D eigenvalue weighted by Crippen LogP contribution is 2.42. The van der Waals surface area contributed by atoms with Crippen LogP contribution in [-0.2, 0) is 19.1 Å². The monoisotopic (exact) mass is 495 g/mol. The first kappa shape index (κ1) is 26.7. The highest BCUT2D eigenvalue weighted by molar-refractivity contribution is 5.71. The topological polar surface area (TPSA) is 142 Å². The number of esters is 2. The molecule has 1 aliphatic carbocycles. The summed E-state index contributed by atoms with van der Waals surface area (Å²) in [6, 6.07) is 11.7. The van der Waals surface area contributed by atoms with Crippen molar-refractivity contribution in [2.75, 3.05) is 12.3 Å². The number of nitrogens with zero attached hydrogens (tertiary/aromatic N) is 3. The number of unbranched alkanes of at least 4 members (excludes halogenated alkanes) is 2. The van der Waals surface area contributed by atoms with Crippen molar-refractivity contribution >= 4 is 29.1 Å². The maximum atomic E-state index is 12.3. The minimum Gasteiger partial charge on any atom is -0.465 e. The van der Waals surface area contributed by atoms with Gasteiger partial charge < -0.3 is 19.8 Å². The van der Waals surface area contributed by atoms with Crippen LogP contribution in [0.4, 0.5) is 5.95 Å². The van der Waals surface area contributed by atoms with Gasteiger partial charge in [-0.1, -0.05) is 62.7 Å². The summed E-state index contributed by atoms with van der Waals surface area (Å²) in [6.07, 6.45) is 4.46. The summed E-state index contributed by atoms with van der Waals surface area (Å²) < 4.78 is 12.6. The van der Waals surface area contributed by atoms with Gasteiger partial charge in [0.05, 0.1) is 18.3 Å². The van der Waals surface area contributed by atoms with Crippen LogP contribution in [-0.4, -0.2) is 44.2 Å². The van der Waals surface area contributed by atoms with Crippen molar-refractivity contribution in [2.24, 2.45) is 5.92 Å². The second kappa shape index (κ2) is 12.7. The minimum absolute atomic E-state index is 0.0202. The Morgan fingerprint density at radius 3 is 2.47 bits per heavy atom. The number of benzene rings is 1. The van der Waals surface area contributed by atoms with Crippen LogP contribution in [0.3, 0.4) is 0 Å². The van der Waals surface area contributed by atoms with Gasteiger partial charge in [-0.25, -0.2) is 4.98 Å². The summed E-state index contributed by atoms with van der Waals surface area (Å²) in [5.41, 5.74) is 6.45. The van der Waals surface area contributed by atoms with Gasteiger partial charge in [-0.3, -0.25) is 19.4 Å². The Morgan fingerprint density at radius 1 is 1.19 bits per heavy atom. The van der Waals surface area contributed by atoms with E-state index < -0.39 is 17.6 Å². The molecule has 0 spiro atoms. The number of nitrogens with one attached hydrogen (secondary N) is 1. The number of carbonyl (C=O) groups excluding carboxylic acids is 2. The highest BCUT2D eigenvalue weighted by Gasteiger charge is 2.42. The molecule has 192 valence electrons. The molecule has 10 heteroatoms.